The molecule has 1 N–H and O–H groups in total. The minimum Gasteiger partial charge on any atom is -0.496 e. The molecule has 7 heteroatoms. The molecule has 0 radical (unpaired) electrons. The van der Waals surface area contributed by atoms with E-state index in [9.17, 15) is 4.79 Å². The molecule has 0 aliphatic heterocycles. The number of anilines is 1. The Morgan fingerprint density at radius 1 is 1.25 bits per heavy atom. The number of nitrogens with one attached hydrogen (secondary N) is 1. The molecule has 0 unspecified atom stereocenters. The van der Waals surface area contributed by atoms with Crippen LogP contribution in [0.5, 0.6) is 5.75 Å². The highest BCUT2D eigenvalue weighted by atomic mass is 79.9. The average molecular weight is 432 g/mol. The van der Waals surface area contributed by atoms with Gasteiger partial charge in [0.1, 0.15) is 5.75 Å². The minimum atomic E-state index is -0.171. The average Bonchev–Trinajstić information content (AvgIpc) is 2.51. The number of nitrogens with zero attached hydrogens (tertiary/aromatic N) is 1. The fourth-order valence-electron chi connectivity index (χ4n) is 2.25. The maximum atomic E-state index is 12.2. The fourth-order valence-corrected chi connectivity index (χ4v) is 2.99. The van der Waals surface area contributed by atoms with E-state index in [-0.39, 0.29) is 12.5 Å². The Labute approximate surface area is 159 Å². The number of hydrogen-bond donors (Lipinski definition) is 1. The summed E-state index contributed by atoms with van der Waals surface area (Å²) >= 11 is 15.4. The molecule has 128 valence electrons. The van der Waals surface area contributed by atoms with Crippen molar-refractivity contribution in [1.82, 2.24) is 4.90 Å². The molecule has 2 rings (SSSR count). The molecule has 0 atom stereocenters. The van der Waals surface area contributed by atoms with Crippen molar-refractivity contribution in [3.8, 4) is 5.75 Å². The second kappa shape index (κ2) is 8.72. The molecule has 2 aromatic carbocycles. The van der Waals surface area contributed by atoms with Crippen molar-refractivity contribution in [2.75, 3.05) is 26.0 Å². The van der Waals surface area contributed by atoms with Crippen molar-refractivity contribution >= 4 is 50.7 Å². The van der Waals surface area contributed by atoms with Gasteiger partial charge in [0.25, 0.3) is 0 Å². The van der Waals surface area contributed by atoms with Crippen molar-refractivity contribution in [3.63, 3.8) is 0 Å². The van der Waals surface area contributed by atoms with Crippen molar-refractivity contribution in [1.29, 1.82) is 0 Å². The molecule has 0 spiro atoms. The number of ether oxygens (including phenoxy) is 1. The Morgan fingerprint density at radius 2 is 2.00 bits per heavy atom. The smallest absolute Gasteiger partial charge is 0.238 e. The lowest BCUT2D eigenvalue weighted by Crippen LogP contribution is -2.30. The normalized spacial score (nSPS) is 10.8. The number of carbonyl (C=O) groups is 1. The first-order valence-electron chi connectivity index (χ1n) is 7.15. The maximum Gasteiger partial charge on any atom is 0.238 e. The van der Waals surface area contributed by atoms with Gasteiger partial charge >= 0.3 is 0 Å². The fraction of sp³-hybridized carbons (Fsp3) is 0.235. The molecular weight excluding hydrogens is 415 g/mol. The Hall–Kier alpha value is -1.27. The molecule has 0 fully saturated rings. The van der Waals surface area contributed by atoms with Gasteiger partial charge in [-0.1, -0.05) is 39.1 Å². The zero-order valence-corrected chi connectivity index (χ0v) is 16.4. The molecule has 24 heavy (non-hydrogen) atoms. The molecule has 1 amide bonds. The lowest BCUT2D eigenvalue weighted by Gasteiger charge is -2.18. The Bertz CT molecular complexity index is 741. The maximum absolute atomic E-state index is 12.2. The van der Waals surface area contributed by atoms with Gasteiger partial charge in [0.15, 0.2) is 0 Å². The van der Waals surface area contributed by atoms with E-state index < -0.39 is 0 Å². The van der Waals surface area contributed by atoms with Crippen molar-refractivity contribution < 1.29 is 9.53 Å². The molecule has 0 aliphatic rings. The summed E-state index contributed by atoms with van der Waals surface area (Å²) in [7, 11) is 3.49. The number of rotatable bonds is 6. The summed E-state index contributed by atoms with van der Waals surface area (Å²) in [5.41, 5.74) is 1.49. The number of amides is 1. The van der Waals surface area contributed by atoms with E-state index in [1.54, 1.807) is 25.3 Å². The van der Waals surface area contributed by atoms with E-state index >= 15 is 0 Å². The highest BCUT2D eigenvalue weighted by Crippen LogP contribution is 2.26. The van der Waals surface area contributed by atoms with E-state index in [2.05, 4.69) is 21.2 Å². The third-order valence-corrected chi connectivity index (χ3v) is 4.36. The van der Waals surface area contributed by atoms with Crippen LogP contribution in [-0.2, 0) is 11.3 Å². The van der Waals surface area contributed by atoms with Crippen molar-refractivity contribution in [2.45, 2.75) is 6.54 Å². The van der Waals surface area contributed by atoms with Gasteiger partial charge in [-0.25, -0.2) is 0 Å². The van der Waals surface area contributed by atoms with E-state index in [0.29, 0.717) is 22.3 Å². The lowest BCUT2D eigenvalue weighted by atomic mass is 10.2. The zero-order valence-electron chi connectivity index (χ0n) is 13.3. The van der Waals surface area contributed by atoms with Crippen LogP contribution in [0.25, 0.3) is 0 Å². The van der Waals surface area contributed by atoms with Gasteiger partial charge in [-0.15, -0.1) is 0 Å². The standard InChI is InChI=1S/C17H17BrCl2N2O2/c1-22(9-11-7-12(18)3-6-16(11)24-2)10-17(23)21-15-8-13(19)4-5-14(15)20/h3-8H,9-10H2,1-2H3,(H,21,23). The third kappa shape index (κ3) is 5.38. The van der Waals surface area contributed by atoms with Crippen LogP contribution in [0.2, 0.25) is 10.0 Å². The lowest BCUT2D eigenvalue weighted by molar-refractivity contribution is -0.117. The summed E-state index contributed by atoms with van der Waals surface area (Å²) in [4.78, 5) is 14.1. The van der Waals surface area contributed by atoms with Crippen LogP contribution in [0.1, 0.15) is 5.56 Å². The number of methoxy groups -OCH3 is 1. The predicted octanol–water partition coefficient (Wildman–Crippen LogP) is 4.84. The van der Waals surface area contributed by atoms with Crippen LogP contribution in [0.3, 0.4) is 0 Å². The summed E-state index contributed by atoms with van der Waals surface area (Å²) in [6.45, 7) is 0.776. The topological polar surface area (TPSA) is 41.6 Å². The molecular formula is C17H17BrCl2N2O2. The first kappa shape index (κ1) is 19.1. The van der Waals surface area contributed by atoms with Crippen molar-refractivity contribution in [3.05, 3.63) is 56.5 Å². The quantitative estimate of drug-likeness (QED) is 0.711. The summed E-state index contributed by atoms with van der Waals surface area (Å²) < 4.78 is 6.31. The zero-order chi connectivity index (χ0) is 17.7. The monoisotopic (exact) mass is 430 g/mol. The first-order chi connectivity index (χ1) is 11.4. The molecule has 0 bridgehead atoms. The van der Waals surface area contributed by atoms with Gasteiger partial charge in [-0.05, 0) is 43.4 Å². The van der Waals surface area contributed by atoms with E-state index in [0.717, 1.165) is 15.8 Å². The summed E-state index contributed by atoms with van der Waals surface area (Å²) in [6.07, 6.45) is 0. The third-order valence-electron chi connectivity index (χ3n) is 3.30. The minimum absolute atomic E-state index is 0.171. The molecule has 0 heterocycles. The van der Waals surface area contributed by atoms with Crippen LogP contribution in [0, 0.1) is 0 Å². The predicted molar refractivity (Wildman–Crippen MR) is 102 cm³/mol. The largest absolute Gasteiger partial charge is 0.496 e. The van der Waals surface area contributed by atoms with Gasteiger partial charge in [0, 0.05) is 21.6 Å². The van der Waals surface area contributed by atoms with Gasteiger partial charge in [0.05, 0.1) is 24.4 Å². The van der Waals surface area contributed by atoms with Crippen LogP contribution in [-0.4, -0.2) is 31.5 Å². The number of halogens is 3. The van der Waals surface area contributed by atoms with Crippen LogP contribution in [0.4, 0.5) is 5.69 Å². The van der Waals surface area contributed by atoms with Gasteiger partial charge < -0.3 is 10.1 Å². The molecule has 0 saturated carbocycles. The summed E-state index contributed by atoms with van der Waals surface area (Å²) in [5, 5.41) is 3.73. The highest BCUT2D eigenvalue weighted by molar-refractivity contribution is 9.10. The molecule has 2 aromatic rings. The van der Waals surface area contributed by atoms with E-state index in [1.165, 1.54) is 0 Å². The van der Waals surface area contributed by atoms with Crippen LogP contribution >= 0.6 is 39.1 Å². The SMILES string of the molecule is COc1ccc(Br)cc1CN(C)CC(=O)Nc1cc(Cl)ccc1Cl. The molecule has 0 aromatic heterocycles. The highest BCUT2D eigenvalue weighted by Gasteiger charge is 2.12. The molecule has 0 saturated heterocycles. The van der Waals surface area contributed by atoms with Crippen LogP contribution in [0.15, 0.2) is 40.9 Å². The second-order valence-corrected chi connectivity index (χ2v) is 7.06. The number of carbonyl (C=O) groups excluding carboxylic acids is 1. The second-order valence-electron chi connectivity index (χ2n) is 5.30. The van der Waals surface area contributed by atoms with Crippen molar-refractivity contribution in [2.24, 2.45) is 0 Å². The number of likely N-dealkylation sites (N-methyl/N-ethyl adjacent to an activating group) is 1. The Kier molecular flexibility index (Phi) is 6.92. The Balaban J connectivity index is 1.99. The number of hydrogen-bond acceptors (Lipinski definition) is 3. The van der Waals surface area contributed by atoms with E-state index in [4.69, 9.17) is 27.9 Å². The van der Waals surface area contributed by atoms with Gasteiger partial charge in [-0.3, -0.25) is 9.69 Å². The van der Waals surface area contributed by atoms with Gasteiger partial charge in [-0.2, -0.15) is 0 Å². The summed E-state index contributed by atoms with van der Waals surface area (Å²) in [6, 6.07) is 10.7. The van der Waals surface area contributed by atoms with E-state index in [1.807, 2.05) is 30.1 Å². The molecule has 4 nitrogen and oxygen atoms in total. The van der Waals surface area contributed by atoms with Gasteiger partial charge in [0.2, 0.25) is 5.91 Å². The Morgan fingerprint density at radius 3 is 2.71 bits per heavy atom. The van der Waals surface area contributed by atoms with Crippen LogP contribution < -0.4 is 10.1 Å². The summed E-state index contributed by atoms with van der Waals surface area (Å²) in [5.74, 6) is 0.610. The number of benzene rings is 2. The molecule has 0 aliphatic carbocycles. The first-order valence-corrected chi connectivity index (χ1v) is 8.70.